The molecule has 0 N–H and O–H groups in total. The van der Waals surface area contributed by atoms with Gasteiger partial charge in [-0.05, 0) is 25.0 Å². The molecule has 0 unspecified atom stereocenters. The fraction of sp³-hybridized carbons (Fsp3) is 0.500. The third-order valence-corrected chi connectivity index (χ3v) is 6.44. The minimum Gasteiger partial charge on any atom is -0.488 e. The van der Waals surface area contributed by atoms with E-state index in [1.54, 1.807) is 30.1 Å². The van der Waals surface area contributed by atoms with Crippen LogP contribution in [0, 0.1) is 5.92 Å². The van der Waals surface area contributed by atoms with Crippen LogP contribution in [0.4, 0.5) is 11.5 Å². The summed E-state index contributed by atoms with van der Waals surface area (Å²) in [6.45, 7) is 6.60. The van der Waals surface area contributed by atoms with Crippen molar-refractivity contribution in [1.29, 1.82) is 0 Å². The molecule has 33 heavy (non-hydrogen) atoms. The summed E-state index contributed by atoms with van der Waals surface area (Å²) in [5, 5.41) is 0. The molecule has 4 heterocycles. The van der Waals surface area contributed by atoms with Crippen molar-refractivity contribution in [3.63, 3.8) is 0 Å². The van der Waals surface area contributed by atoms with Crippen molar-refractivity contribution in [2.75, 3.05) is 44.8 Å². The smallest absolute Gasteiger partial charge is 0.255 e. The number of ether oxygens (including phenoxy) is 2. The fourth-order valence-corrected chi connectivity index (χ4v) is 4.39. The van der Waals surface area contributed by atoms with Gasteiger partial charge in [-0.1, -0.05) is 13.8 Å². The minimum absolute atomic E-state index is 0.0121. The maximum atomic E-state index is 13.1. The van der Waals surface area contributed by atoms with Crippen LogP contribution in [0.3, 0.4) is 0 Å². The molecule has 1 saturated heterocycles. The number of carbonyl (C=O) groups excluding carboxylic acids is 2. The Balaban J connectivity index is 1.42. The van der Waals surface area contributed by atoms with Gasteiger partial charge in [0.15, 0.2) is 11.6 Å². The van der Waals surface area contributed by atoms with Crippen molar-refractivity contribution in [2.45, 2.75) is 32.3 Å². The molecule has 2 fully saturated rings. The molecule has 1 aliphatic carbocycles. The lowest BCUT2D eigenvalue weighted by Crippen LogP contribution is -2.47. The van der Waals surface area contributed by atoms with Crippen LogP contribution in [-0.2, 0) is 4.74 Å². The van der Waals surface area contributed by atoms with Crippen LogP contribution in [-0.4, -0.2) is 71.8 Å². The minimum atomic E-state index is -0.135. The van der Waals surface area contributed by atoms with Gasteiger partial charge in [-0.3, -0.25) is 19.1 Å². The molecule has 0 aromatic carbocycles. The second-order valence-electron chi connectivity index (χ2n) is 9.13. The van der Waals surface area contributed by atoms with Gasteiger partial charge in [-0.15, -0.1) is 0 Å². The van der Waals surface area contributed by atoms with Crippen LogP contribution in [0.25, 0.3) is 0 Å². The fourth-order valence-electron chi connectivity index (χ4n) is 4.39. The largest absolute Gasteiger partial charge is 0.488 e. The first kappa shape index (κ1) is 21.6. The van der Waals surface area contributed by atoms with E-state index in [-0.39, 0.29) is 23.3 Å². The van der Waals surface area contributed by atoms with Gasteiger partial charge in [0.2, 0.25) is 5.91 Å². The SMILES string of the molecule is CN=c1cc(N2CCOc3cc(C(=O)N4CCOC5(CC5)C4)cnc32)ccn1C(=O)C(C)C. The molecule has 0 atom stereocenters. The maximum Gasteiger partial charge on any atom is 0.255 e. The second-order valence-corrected chi connectivity index (χ2v) is 9.13. The first-order valence-electron chi connectivity index (χ1n) is 11.4. The highest BCUT2D eigenvalue weighted by Crippen LogP contribution is 2.42. The highest BCUT2D eigenvalue weighted by molar-refractivity contribution is 5.95. The van der Waals surface area contributed by atoms with Crippen LogP contribution >= 0.6 is 0 Å². The average molecular weight is 452 g/mol. The summed E-state index contributed by atoms with van der Waals surface area (Å²) >= 11 is 0. The van der Waals surface area contributed by atoms with E-state index in [4.69, 9.17) is 9.47 Å². The summed E-state index contributed by atoms with van der Waals surface area (Å²) in [4.78, 5) is 38.4. The molecular formula is C24H29N5O4. The van der Waals surface area contributed by atoms with E-state index in [0.29, 0.717) is 55.5 Å². The first-order chi connectivity index (χ1) is 15.9. The summed E-state index contributed by atoms with van der Waals surface area (Å²) < 4.78 is 13.3. The summed E-state index contributed by atoms with van der Waals surface area (Å²) in [6, 6.07) is 5.54. The molecule has 1 spiro atoms. The molecule has 2 aliphatic heterocycles. The molecule has 3 aliphatic rings. The lowest BCUT2D eigenvalue weighted by atomic mass is 10.1. The Kier molecular flexibility index (Phi) is 5.44. The van der Waals surface area contributed by atoms with Crippen LogP contribution in [0.5, 0.6) is 5.75 Å². The Morgan fingerprint density at radius 2 is 2.00 bits per heavy atom. The number of nitrogens with zero attached hydrogens (tertiary/aromatic N) is 5. The first-order valence-corrected chi connectivity index (χ1v) is 11.4. The van der Waals surface area contributed by atoms with Crippen LogP contribution < -0.4 is 15.1 Å². The lowest BCUT2D eigenvalue weighted by Gasteiger charge is -2.34. The molecule has 0 radical (unpaired) electrons. The topological polar surface area (TPSA) is 89.3 Å². The quantitative estimate of drug-likeness (QED) is 0.711. The van der Waals surface area contributed by atoms with Crippen molar-refractivity contribution >= 4 is 23.3 Å². The Hall–Kier alpha value is -3.20. The molecular weight excluding hydrogens is 422 g/mol. The molecule has 2 aromatic heterocycles. The van der Waals surface area contributed by atoms with Gasteiger partial charge >= 0.3 is 0 Å². The van der Waals surface area contributed by atoms with E-state index in [9.17, 15) is 9.59 Å². The zero-order valence-corrected chi connectivity index (χ0v) is 19.3. The summed E-state index contributed by atoms with van der Waals surface area (Å²) in [5.41, 5.74) is 1.84. The predicted molar refractivity (Wildman–Crippen MR) is 122 cm³/mol. The van der Waals surface area contributed by atoms with Crippen molar-refractivity contribution in [3.8, 4) is 5.75 Å². The molecule has 5 rings (SSSR count). The highest BCUT2D eigenvalue weighted by atomic mass is 16.5. The maximum absolute atomic E-state index is 13.1. The lowest BCUT2D eigenvalue weighted by molar-refractivity contribution is -0.0376. The van der Waals surface area contributed by atoms with Gasteiger partial charge in [0.25, 0.3) is 5.91 Å². The number of pyridine rings is 2. The number of fused-ring (bicyclic) bond motifs is 1. The van der Waals surface area contributed by atoms with E-state index in [1.807, 2.05) is 35.8 Å². The number of anilines is 2. The van der Waals surface area contributed by atoms with Crippen molar-refractivity contribution in [2.24, 2.45) is 10.9 Å². The van der Waals surface area contributed by atoms with E-state index in [1.165, 1.54) is 0 Å². The van der Waals surface area contributed by atoms with Gasteiger partial charge in [-0.25, -0.2) is 4.98 Å². The normalized spacial score (nSPS) is 19.5. The molecule has 0 bridgehead atoms. The Morgan fingerprint density at radius 1 is 1.18 bits per heavy atom. The van der Waals surface area contributed by atoms with Gasteiger partial charge in [-0.2, -0.15) is 0 Å². The third kappa shape index (κ3) is 4.01. The zero-order chi connectivity index (χ0) is 23.2. The number of hydrogen-bond donors (Lipinski definition) is 0. The average Bonchev–Trinajstić information content (AvgIpc) is 3.59. The van der Waals surface area contributed by atoms with Crippen molar-refractivity contribution in [3.05, 3.63) is 41.6 Å². The van der Waals surface area contributed by atoms with Gasteiger partial charge in [0.05, 0.1) is 30.9 Å². The van der Waals surface area contributed by atoms with Gasteiger partial charge in [0.1, 0.15) is 12.1 Å². The van der Waals surface area contributed by atoms with Crippen molar-refractivity contribution < 1.29 is 19.1 Å². The van der Waals surface area contributed by atoms with Crippen LogP contribution in [0.15, 0.2) is 35.6 Å². The molecule has 2 aromatic rings. The second kappa shape index (κ2) is 8.30. The predicted octanol–water partition coefficient (Wildman–Crippen LogP) is 2.25. The number of rotatable bonds is 3. The number of hydrogen-bond acceptors (Lipinski definition) is 7. The number of amides is 1. The summed E-state index contributed by atoms with van der Waals surface area (Å²) in [7, 11) is 1.67. The zero-order valence-electron chi connectivity index (χ0n) is 19.3. The molecule has 174 valence electrons. The van der Waals surface area contributed by atoms with E-state index >= 15 is 0 Å². The van der Waals surface area contributed by atoms with Crippen molar-refractivity contribution in [1.82, 2.24) is 14.5 Å². The summed E-state index contributed by atoms with van der Waals surface area (Å²) in [6.07, 6.45) is 5.40. The van der Waals surface area contributed by atoms with E-state index in [2.05, 4.69) is 9.98 Å². The van der Waals surface area contributed by atoms with Crippen LogP contribution in [0.1, 0.15) is 41.8 Å². The molecule has 1 saturated carbocycles. The standard InChI is InChI=1S/C24H29N5O4/c1-16(2)22(30)29-7-4-18(13-20(29)25-3)28-9-10-32-19-12-17(14-26-21(19)28)23(31)27-8-11-33-24(15-27)5-6-24/h4,7,12-14,16H,5-6,8-11,15H2,1-3H3. The van der Waals surface area contributed by atoms with Gasteiger partial charge in [0, 0.05) is 43.7 Å². The number of aromatic nitrogens is 2. The molecule has 9 heteroatoms. The Labute approximate surface area is 192 Å². The number of morpholine rings is 1. The Bertz CT molecular complexity index is 1170. The Morgan fingerprint density at radius 3 is 2.73 bits per heavy atom. The highest BCUT2D eigenvalue weighted by Gasteiger charge is 2.48. The van der Waals surface area contributed by atoms with E-state index < -0.39 is 0 Å². The van der Waals surface area contributed by atoms with E-state index in [0.717, 1.165) is 18.5 Å². The summed E-state index contributed by atoms with van der Waals surface area (Å²) in [5.74, 6) is 1.03. The van der Waals surface area contributed by atoms with Crippen LogP contribution in [0.2, 0.25) is 0 Å². The third-order valence-electron chi connectivity index (χ3n) is 6.44. The number of carbonyl (C=O) groups is 2. The van der Waals surface area contributed by atoms with Gasteiger partial charge < -0.3 is 19.3 Å². The molecule has 9 nitrogen and oxygen atoms in total. The monoisotopic (exact) mass is 451 g/mol. The molecule has 1 amide bonds.